The van der Waals surface area contributed by atoms with Crippen molar-refractivity contribution in [3.8, 4) is 0 Å². The highest BCUT2D eigenvalue weighted by Crippen LogP contribution is 2.33. The maximum absolute atomic E-state index is 12.6. The minimum Gasteiger partial charge on any atom is -0.361 e. The van der Waals surface area contributed by atoms with Crippen LogP contribution >= 0.6 is 0 Å². The van der Waals surface area contributed by atoms with Gasteiger partial charge in [0.15, 0.2) is 0 Å². The quantitative estimate of drug-likeness (QED) is 0.844. The van der Waals surface area contributed by atoms with Crippen LogP contribution < -0.4 is 4.90 Å². The number of fused-ring (bicyclic) bond motifs is 1. The van der Waals surface area contributed by atoms with Gasteiger partial charge in [-0.15, -0.1) is 0 Å². The molecule has 2 aromatic heterocycles. The molecule has 0 bridgehead atoms. The molecule has 2 fully saturated rings. The lowest BCUT2D eigenvalue weighted by Gasteiger charge is -2.22. The Labute approximate surface area is 140 Å². The summed E-state index contributed by atoms with van der Waals surface area (Å²) in [5, 5.41) is 3.93. The molecule has 2 aliphatic heterocycles. The fraction of sp³-hybridized carbons (Fsp3) is 0.529. The first-order valence-electron chi connectivity index (χ1n) is 8.32. The van der Waals surface area contributed by atoms with Gasteiger partial charge in [-0.2, -0.15) is 0 Å². The highest BCUT2D eigenvalue weighted by Gasteiger charge is 2.42. The van der Waals surface area contributed by atoms with Gasteiger partial charge in [-0.25, -0.2) is 4.98 Å². The van der Waals surface area contributed by atoms with Crippen molar-refractivity contribution in [2.75, 3.05) is 31.1 Å². The summed E-state index contributed by atoms with van der Waals surface area (Å²) in [5.41, 5.74) is 1.74. The first kappa shape index (κ1) is 15.1. The number of anilines is 1. The predicted octanol–water partition coefficient (Wildman–Crippen LogP) is 1.22. The number of aryl methyl sites for hydroxylation is 2. The normalized spacial score (nSPS) is 22.9. The molecule has 126 valence electrons. The Hall–Kier alpha value is -2.44. The molecule has 2 saturated heterocycles. The van der Waals surface area contributed by atoms with Crippen LogP contribution in [-0.4, -0.2) is 52.1 Å². The van der Waals surface area contributed by atoms with E-state index in [4.69, 9.17) is 4.52 Å². The minimum absolute atomic E-state index is 0.171. The Kier molecular flexibility index (Phi) is 3.70. The second kappa shape index (κ2) is 5.89. The molecule has 0 saturated carbocycles. The smallest absolute Gasteiger partial charge is 0.227 e. The lowest BCUT2D eigenvalue weighted by molar-refractivity contribution is -0.129. The largest absolute Gasteiger partial charge is 0.361 e. The molecule has 0 aromatic carbocycles. The van der Waals surface area contributed by atoms with Crippen molar-refractivity contribution in [2.45, 2.75) is 20.3 Å². The molecule has 0 N–H and O–H groups in total. The number of nitrogens with zero attached hydrogens (tertiary/aromatic N) is 5. The molecule has 2 unspecified atom stereocenters. The minimum atomic E-state index is 0.171. The summed E-state index contributed by atoms with van der Waals surface area (Å²) in [7, 11) is 0. The van der Waals surface area contributed by atoms with Gasteiger partial charge in [0.2, 0.25) is 5.91 Å². The number of amides is 1. The molecule has 7 nitrogen and oxygen atoms in total. The van der Waals surface area contributed by atoms with Gasteiger partial charge >= 0.3 is 0 Å². The van der Waals surface area contributed by atoms with Crippen LogP contribution in [0.2, 0.25) is 0 Å². The monoisotopic (exact) mass is 327 g/mol. The highest BCUT2D eigenvalue weighted by molar-refractivity contribution is 5.79. The summed E-state index contributed by atoms with van der Waals surface area (Å²) in [5.74, 6) is 2.88. The maximum atomic E-state index is 12.6. The standard InChI is InChI=1S/C17H21N5O2/c1-11-15(12(2)24-20-11)5-17(23)22-9-13-7-21(8-14(13)10-22)16-6-18-3-4-19-16/h3-4,6,13-14H,5,7-10H2,1-2H3. The molecule has 0 aliphatic carbocycles. The number of hydrogen-bond donors (Lipinski definition) is 0. The van der Waals surface area contributed by atoms with E-state index >= 15 is 0 Å². The van der Waals surface area contributed by atoms with E-state index in [1.54, 1.807) is 18.6 Å². The van der Waals surface area contributed by atoms with Gasteiger partial charge in [-0.1, -0.05) is 5.16 Å². The van der Waals surface area contributed by atoms with Crippen molar-refractivity contribution in [1.29, 1.82) is 0 Å². The van der Waals surface area contributed by atoms with Crippen LogP contribution in [0.15, 0.2) is 23.1 Å². The number of carbonyl (C=O) groups excluding carboxylic acids is 1. The van der Waals surface area contributed by atoms with Gasteiger partial charge in [-0.05, 0) is 13.8 Å². The summed E-state index contributed by atoms with van der Waals surface area (Å²) >= 11 is 0. The van der Waals surface area contributed by atoms with Gasteiger partial charge in [0, 0.05) is 56.0 Å². The zero-order valence-corrected chi connectivity index (χ0v) is 14.0. The van der Waals surface area contributed by atoms with E-state index < -0.39 is 0 Å². The van der Waals surface area contributed by atoms with Crippen molar-refractivity contribution < 1.29 is 9.32 Å². The fourth-order valence-electron chi connectivity index (χ4n) is 3.86. The molecule has 24 heavy (non-hydrogen) atoms. The van der Waals surface area contributed by atoms with Crippen LogP contribution in [-0.2, 0) is 11.2 Å². The molecule has 2 atom stereocenters. The first-order chi connectivity index (χ1) is 11.6. The molecule has 7 heteroatoms. The van der Waals surface area contributed by atoms with E-state index in [0.717, 1.165) is 49.0 Å². The van der Waals surface area contributed by atoms with Crippen LogP contribution in [0.4, 0.5) is 5.82 Å². The lowest BCUT2D eigenvalue weighted by Crippen LogP contribution is -2.34. The van der Waals surface area contributed by atoms with E-state index in [1.807, 2.05) is 18.7 Å². The summed E-state index contributed by atoms with van der Waals surface area (Å²) in [6.07, 6.45) is 5.61. The van der Waals surface area contributed by atoms with Gasteiger partial charge in [0.25, 0.3) is 0 Å². The molecule has 0 radical (unpaired) electrons. The number of aromatic nitrogens is 3. The summed E-state index contributed by atoms with van der Waals surface area (Å²) in [6, 6.07) is 0. The second-order valence-electron chi connectivity index (χ2n) is 6.77. The SMILES string of the molecule is Cc1noc(C)c1CC(=O)N1CC2CN(c3cnccn3)CC2C1. The van der Waals surface area contributed by atoms with Gasteiger partial charge < -0.3 is 14.3 Å². The Bertz CT molecular complexity index is 711. The average molecular weight is 327 g/mol. The van der Waals surface area contributed by atoms with Crippen molar-refractivity contribution >= 4 is 11.7 Å². The predicted molar refractivity (Wildman–Crippen MR) is 87.5 cm³/mol. The number of hydrogen-bond acceptors (Lipinski definition) is 6. The Morgan fingerprint density at radius 3 is 2.54 bits per heavy atom. The third-order valence-electron chi connectivity index (χ3n) is 5.22. The van der Waals surface area contributed by atoms with Crippen molar-refractivity contribution in [1.82, 2.24) is 20.0 Å². The van der Waals surface area contributed by atoms with Crippen LogP contribution in [0.5, 0.6) is 0 Å². The Balaban J connectivity index is 1.38. The van der Waals surface area contributed by atoms with Crippen molar-refractivity contribution in [2.24, 2.45) is 11.8 Å². The van der Waals surface area contributed by atoms with Gasteiger partial charge in [0.1, 0.15) is 11.6 Å². The maximum Gasteiger partial charge on any atom is 0.227 e. The van der Waals surface area contributed by atoms with Crippen LogP contribution in [0.3, 0.4) is 0 Å². The summed E-state index contributed by atoms with van der Waals surface area (Å²) in [6.45, 7) is 7.28. The third kappa shape index (κ3) is 2.64. The van der Waals surface area contributed by atoms with Crippen LogP contribution in [0, 0.1) is 25.7 Å². The Morgan fingerprint density at radius 1 is 1.21 bits per heavy atom. The zero-order valence-electron chi connectivity index (χ0n) is 14.0. The van der Waals surface area contributed by atoms with Gasteiger partial charge in [0.05, 0.1) is 18.3 Å². The first-order valence-corrected chi connectivity index (χ1v) is 8.32. The molecule has 1 amide bonds. The molecule has 4 rings (SSSR count). The van der Waals surface area contributed by atoms with Crippen LogP contribution in [0.25, 0.3) is 0 Å². The topological polar surface area (TPSA) is 75.4 Å². The van der Waals surface area contributed by atoms with E-state index in [1.165, 1.54) is 0 Å². The molecule has 4 heterocycles. The third-order valence-corrected chi connectivity index (χ3v) is 5.22. The number of rotatable bonds is 3. The average Bonchev–Trinajstić information content (AvgIpc) is 3.24. The molecule has 2 aliphatic rings. The lowest BCUT2D eigenvalue weighted by atomic mass is 10.0. The second-order valence-corrected chi connectivity index (χ2v) is 6.77. The van der Waals surface area contributed by atoms with E-state index in [0.29, 0.717) is 18.3 Å². The fourth-order valence-corrected chi connectivity index (χ4v) is 3.86. The van der Waals surface area contributed by atoms with Crippen molar-refractivity contribution in [3.63, 3.8) is 0 Å². The van der Waals surface area contributed by atoms with E-state index in [-0.39, 0.29) is 5.91 Å². The van der Waals surface area contributed by atoms with E-state index in [2.05, 4.69) is 20.0 Å². The molecule has 0 spiro atoms. The number of likely N-dealkylation sites (tertiary alicyclic amines) is 1. The van der Waals surface area contributed by atoms with E-state index in [9.17, 15) is 4.79 Å². The Morgan fingerprint density at radius 2 is 1.96 bits per heavy atom. The zero-order chi connectivity index (χ0) is 16.7. The van der Waals surface area contributed by atoms with Crippen LogP contribution in [0.1, 0.15) is 17.0 Å². The molecular weight excluding hydrogens is 306 g/mol. The van der Waals surface area contributed by atoms with Crippen molar-refractivity contribution in [3.05, 3.63) is 35.6 Å². The molecular formula is C17H21N5O2. The summed E-state index contributed by atoms with van der Waals surface area (Å²) in [4.78, 5) is 25.4. The molecule has 2 aromatic rings. The number of carbonyl (C=O) groups is 1. The van der Waals surface area contributed by atoms with Gasteiger partial charge in [-0.3, -0.25) is 9.78 Å². The highest BCUT2D eigenvalue weighted by atomic mass is 16.5. The summed E-state index contributed by atoms with van der Waals surface area (Å²) < 4.78 is 5.16.